The fourth-order valence-electron chi connectivity index (χ4n) is 3.53. The summed E-state index contributed by atoms with van der Waals surface area (Å²) in [5, 5.41) is 21.5. The Bertz CT molecular complexity index is 1100. The lowest BCUT2D eigenvalue weighted by Gasteiger charge is -2.21. The molecule has 3 aromatic rings. The number of amides is 2. The number of azo groups is 1. The van der Waals surface area contributed by atoms with E-state index in [1.165, 1.54) is 0 Å². The van der Waals surface area contributed by atoms with Gasteiger partial charge in [-0.3, -0.25) is 14.9 Å². The van der Waals surface area contributed by atoms with Gasteiger partial charge >= 0.3 is 0 Å². The van der Waals surface area contributed by atoms with Crippen LogP contribution < -0.4 is 10.2 Å². The van der Waals surface area contributed by atoms with Gasteiger partial charge in [-0.1, -0.05) is 12.1 Å². The predicted octanol–water partition coefficient (Wildman–Crippen LogP) is 3.96. The number of carbonyl (C=O) groups excluding carboxylic acids is 2. The topological polar surface area (TPSA) is 94.4 Å². The van der Waals surface area contributed by atoms with Crippen LogP contribution in [0.15, 0.2) is 64.8 Å². The number of aliphatic hydroxyl groups excluding tert-OH is 1. The minimum atomic E-state index is -0.402. The van der Waals surface area contributed by atoms with Gasteiger partial charge < -0.3 is 10.0 Å². The molecule has 1 aliphatic rings. The predicted molar refractivity (Wildman–Crippen MR) is 111 cm³/mol. The number of likely N-dealkylation sites (N-methyl/N-ethyl adjacent to an activating group) is 1. The lowest BCUT2D eigenvalue weighted by Crippen LogP contribution is -2.34. The molecule has 7 heteroatoms. The van der Waals surface area contributed by atoms with Crippen LogP contribution in [0.5, 0.6) is 0 Å². The SMILES string of the molecule is CCN(CCO)c1ccc(N=Nc2ccc3c4c(cccc24)C(=O)NC3=O)cc1. The summed E-state index contributed by atoms with van der Waals surface area (Å²) in [6.07, 6.45) is 0. The van der Waals surface area contributed by atoms with Gasteiger partial charge in [0.05, 0.1) is 18.0 Å². The van der Waals surface area contributed by atoms with Crippen LogP contribution in [-0.4, -0.2) is 36.6 Å². The van der Waals surface area contributed by atoms with Crippen molar-refractivity contribution in [2.45, 2.75) is 6.92 Å². The number of carbonyl (C=O) groups is 2. The van der Waals surface area contributed by atoms with Crippen LogP contribution in [0.2, 0.25) is 0 Å². The fraction of sp³-hybridized carbons (Fsp3) is 0.182. The summed E-state index contributed by atoms with van der Waals surface area (Å²) in [5.74, 6) is -0.803. The molecule has 2 N–H and O–H groups in total. The van der Waals surface area contributed by atoms with E-state index in [-0.39, 0.29) is 6.61 Å². The third-order valence-electron chi connectivity index (χ3n) is 4.97. The van der Waals surface area contributed by atoms with E-state index in [1.807, 2.05) is 37.3 Å². The van der Waals surface area contributed by atoms with Crippen molar-refractivity contribution in [1.82, 2.24) is 5.32 Å². The molecule has 29 heavy (non-hydrogen) atoms. The first-order valence-electron chi connectivity index (χ1n) is 9.41. The summed E-state index contributed by atoms with van der Waals surface area (Å²) < 4.78 is 0. The Morgan fingerprint density at radius 3 is 2.34 bits per heavy atom. The van der Waals surface area contributed by atoms with Gasteiger partial charge in [-0.05, 0) is 49.4 Å². The van der Waals surface area contributed by atoms with Crippen molar-refractivity contribution >= 4 is 39.6 Å². The number of hydrogen-bond acceptors (Lipinski definition) is 6. The van der Waals surface area contributed by atoms with Gasteiger partial charge in [0.15, 0.2) is 0 Å². The average Bonchev–Trinajstić information content (AvgIpc) is 2.75. The first-order chi connectivity index (χ1) is 14.1. The van der Waals surface area contributed by atoms with Crippen molar-refractivity contribution < 1.29 is 14.7 Å². The van der Waals surface area contributed by atoms with E-state index in [4.69, 9.17) is 5.11 Å². The van der Waals surface area contributed by atoms with Gasteiger partial charge in [-0.2, -0.15) is 5.11 Å². The molecule has 0 atom stereocenters. The van der Waals surface area contributed by atoms with Crippen molar-refractivity contribution in [3.05, 3.63) is 65.7 Å². The monoisotopic (exact) mass is 388 g/mol. The van der Waals surface area contributed by atoms with E-state index >= 15 is 0 Å². The zero-order valence-corrected chi connectivity index (χ0v) is 15.9. The van der Waals surface area contributed by atoms with Crippen LogP contribution in [0.1, 0.15) is 27.6 Å². The van der Waals surface area contributed by atoms with Gasteiger partial charge in [-0.15, -0.1) is 5.11 Å². The maximum absolute atomic E-state index is 12.1. The van der Waals surface area contributed by atoms with Crippen molar-refractivity contribution in [1.29, 1.82) is 0 Å². The van der Waals surface area contributed by atoms with Gasteiger partial charge in [-0.25, -0.2) is 0 Å². The number of nitrogens with zero attached hydrogens (tertiary/aromatic N) is 3. The molecule has 0 saturated heterocycles. The molecule has 0 saturated carbocycles. The second-order valence-corrected chi connectivity index (χ2v) is 6.66. The quantitative estimate of drug-likeness (QED) is 0.494. The van der Waals surface area contributed by atoms with Crippen LogP contribution in [0.25, 0.3) is 10.8 Å². The van der Waals surface area contributed by atoms with Crippen LogP contribution >= 0.6 is 0 Å². The second kappa shape index (κ2) is 7.81. The highest BCUT2D eigenvalue weighted by Crippen LogP contribution is 2.34. The molecular weight excluding hydrogens is 368 g/mol. The summed E-state index contributed by atoms with van der Waals surface area (Å²) >= 11 is 0. The van der Waals surface area contributed by atoms with Gasteiger partial charge in [0.2, 0.25) is 0 Å². The fourth-order valence-corrected chi connectivity index (χ4v) is 3.53. The Labute approximate surface area is 167 Å². The van der Waals surface area contributed by atoms with Crippen molar-refractivity contribution in [3.8, 4) is 0 Å². The Morgan fingerprint density at radius 2 is 1.66 bits per heavy atom. The molecule has 0 bridgehead atoms. The lowest BCUT2D eigenvalue weighted by atomic mass is 9.94. The molecule has 0 aliphatic carbocycles. The molecule has 0 fully saturated rings. The number of benzene rings is 3. The van der Waals surface area contributed by atoms with E-state index in [2.05, 4.69) is 20.4 Å². The largest absolute Gasteiger partial charge is 0.395 e. The van der Waals surface area contributed by atoms with Crippen LogP contribution in [0.3, 0.4) is 0 Å². The van der Waals surface area contributed by atoms with Crippen LogP contribution in [0, 0.1) is 0 Å². The summed E-state index contributed by atoms with van der Waals surface area (Å²) in [5.41, 5.74) is 3.20. The molecule has 0 radical (unpaired) electrons. The zero-order valence-electron chi connectivity index (χ0n) is 15.9. The van der Waals surface area contributed by atoms with Gasteiger partial charge in [0.25, 0.3) is 11.8 Å². The zero-order chi connectivity index (χ0) is 20.4. The molecule has 4 rings (SSSR count). The maximum Gasteiger partial charge on any atom is 0.258 e. The molecule has 1 aliphatic heterocycles. The summed E-state index contributed by atoms with van der Waals surface area (Å²) in [6, 6.07) is 16.3. The number of anilines is 1. The van der Waals surface area contributed by atoms with Crippen molar-refractivity contribution in [2.24, 2.45) is 10.2 Å². The lowest BCUT2D eigenvalue weighted by molar-refractivity contribution is 0.0845. The Kier molecular flexibility index (Phi) is 5.05. The van der Waals surface area contributed by atoms with Crippen molar-refractivity contribution in [2.75, 3.05) is 24.6 Å². The highest BCUT2D eigenvalue weighted by molar-refractivity contribution is 6.26. The van der Waals surface area contributed by atoms with Crippen LogP contribution in [-0.2, 0) is 0 Å². The Hall–Kier alpha value is -3.58. The number of nitrogens with one attached hydrogen (secondary N) is 1. The summed E-state index contributed by atoms with van der Waals surface area (Å²) in [7, 11) is 0. The number of rotatable bonds is 6. The second-order valence-electron chi connectivity index (χ2n) is 6.66. The number of imide groups is 1. The molecule has 0 aromatic heterocycles. The van der Waals surface area contributed by atoms with E-state index in [1.54, 1.807) is 24.3 Å². The smallest absolute Gasteiger partial charge is 0.258 e. The normalized spacial score (nSPS) is 13.2. The molecule has 7 nitrogen and oxygen atoms in total. The Morgan fingerprint density at radius 1 is 0.931 bits per heavy atom. The maximum atomic E-state index is 12.1. The van der Waals surface area contributed by atoms with Gasteiger partial charge in [0.1, 0.15) is 0 Å². The highest BCUT2D eigenvalue weighted by Gasteiger charge is 2.25. The first kappa shape index (κ1) is 18.8. The first-order valence-corrected chi connectivity index (χ1v) is 9.41. The minimum absolute atomic E-state index is 0.0981. The number of hydrogen-bond donors (Lipinski definition) is 2. The third-order valence-corrected chi connectivity index (χ3v) is 4.97. The molecule has 3 aromatic carbocycles. The highest BCUT2D eigenvalue weighted by atomic mass is 16.3. The standard InChI is InChI=1S/C22H20N4O3/c1-2-26(12-13-27)15-8-6-14(7-9-15)24-25-19-11-10-18-20-16(19)4-3-5-17(20)21(28)23-22(18)29/h3-11,27H,2,12-13H2,1H3,(H,23,28,29). The van der Waals surface area contributed by atoms with E-state index in [0.717, 1.165) is 12.2 Å². The van der Waals surface area contributed by atoms with Gasteiger partial charge in [0, 0.05) is 40.7 Å². The molecular formula is C22H20N4O3. The summed E-state index contributed by atoms with van der Waals surface area (Å²) in [4.78, 5) is 26.3. The van der Waals surface area contributed by atoms with E-state index in [0.29, 0.717) is 39.8 Å². The average molecular weight is 388 g/mol. The third kappa shape index (κ3) is 3.48. The molecule has 146 valence electrons. The minimum Gasteiger partial charge on any atom is -0.395 e. The number of aliphatic hydroxyl groups is 1. The Balaban J connectivity index is 1.67. The van der Waals surface area contributed by atoms with E-state index in [9.17, 15) is 9.59 Å². The van der Waals surface area contributed by atoms with Crippen molar-refractivity contribution in [3.63, 3.8) is 0 Å². The molecule has 0 spiro atoms. The molecule has 2 amide bonds. The molecule has 0 unspecified atom stereocenters. The summed E-state index contributed by atoms with van der Waals surface area (Å²) in [6.45, 7) is 3.51. The van der Waals surface area contributed by atoms with Crippen LogP contribution in [0.4, 0.5) is 17.1 Å². The molecule has 1 heterocycles. The van der Waals surface area contributed by atoms with E-state index < -0.39 is 11.8 Å².